The molecule has 4 rings (SSSR count). The lowest BCUT2D eigenvalue weighted by Crippen LogP contribution is -2.38. The minimum atomic E-state index is -4.69. The third-order valence-corrected chi connectivity index (χ3v) is 5.85. The number of carbonyl (C=O) groups excluding carboxylic acids is 1. The van der Waals surface area contributed by atoms with Crippen LogP contribution >= 0.6 is 0 Å². The second-order valence-electron chi connectivity index (χ2n) is 7.33. The lowest BCUT2D eigenvalue weighted by molar-refractivity contribution is -0.149. The summed E-state index contributed by atoms with van der Waals surface area (Å²) in [6, 6.07) is 6.12. The van der Waals surface area contributed by atoms with Crippen molar-refractivity contribution in [2.45, 2.75) is 32.0 Å². The molecule has 1 saturated carbocycles. The van der Waals surface area contributed by atoms with Gasteiger partial charge in [-0.15, -0.1) is 0 Å². The second kappa shape index (κ2) is 5.97. The molecule has 9 heteroatoms. The van der Waals surface area contributed by atoms with Gasteiger partial charge in [-0.2, -0.15) is 13.2 Å². The number of imidazole rings is 1. The van der Waals surface area contributed by atoms with Crippen LogP contribution < -0.4 is 0 Å². The number of alkyl halides is 3. The van der Waals surface area contributed by atoms with Crippen LogP contribution in [0.1, 0.15) is 25.1 Å². The van der Waals surface area contributed by atoms with E-state index in [1.54, 1.807) is 12.1 Å². The molecule has 1 N–H and O–H groups in total. The van der Waals surface area contributed by atoms with Gasteiger partial charge in [-0.1, -0.05) is 18.6 Å². The summed E-state index contributed by atoms with van der Waals surface area (Å²) in [6.45, 7) is -0.184. The van der Waals surface area contributed by atoms with E-state index in [0.717, 1.165) is 17.4 Å². The monoisotopic (exact) mass is 381 g/mol. The summed E-state index contributed by atoms with van der Waals surface area (Å²) >= 11 is 0. The van der Waals surface area contributed by atoms with Crippen molar-refractivity contribution in [1.29, 1.82) is 0 Å². The smallest absolute Gasteiger partial charge is 0.449 e. The van der Waals surface area contributed by atoms with Gasteiger partial charge in [0.15, 0.2) is 0 Å². The number of carboxylic acids is 1. The quantitative estimate of drug-likeness (QED) is 0.887. The van der Waals surface area contributed by atoms with Gasteiger partial charge < -0.3 is 14.6 Å². The van der Waals surface area contributed by atoms with Gasteiger partial charge in [-0.3, -0.25) is 9.59 Å². The lowest BCUT2D eigenvalue weighted by Gasteiger charge is -2.23. The number of para-hydroxylation sites is 2. The van der Waals surface area contributed by atoms with Crippen molar-refractivity contribution >= 4 is 22.9 Å². The van der Waals surface area contributed by atoms with Crippen molar-refractivity contribution in [3.05, 3.63) is 30.1 Å². The minimum Gasteiger partial charge on any atom is -0.481 e. The molecule has 1 saturated heterocycles. The Morgan fingerprint density at radius 2 is 2.04 bits per heavy atom. The first-order valence-electron chi connectivity index (χ1n) is 8.76. The topological polar surface area (TPSA) is 75.4 Å². The summed E-state index contributed by atoms with van der Waals surface area (Å²) in [4.78, 5) is 29.5. The fraction of sp³-hybridized carbons (Fsp3) is 0.500. The number of halogens is 3. The normalized spacial score (nSPS) is 25.1. The molecule has 27 heavy (non-hydrogen) atoms. The molecular formula is C18H18F3N3O3. The molecule has 144 valence electrons. The molecule has 2 aliphatic rings. The molecule has 1 aliphatic heterocycles. The molecule has 0 unspecified atom stereocenters. The highest BCUT2D eigenvalue weighted by Gasteiger charge is 2.55. The largest absolute Gasteiger partial charge is 0.481 e. The zero-order valence-corrected chi connectivity index (χ0v) is 14.4. The van der Waals surface area contributed by atoms with Crippen molar-refractivity contribution in [2.24, 2.45) is 11.3 Å². The molecule has 1 amide bonds. The maximum Gasteiger partial charge on any atom is 0.449 e. The van der Waals surface area contributed by atoms with Gasteiger partial charge in [0.25, 0.3) is 0 Å². The Hall–Kier alpha value is -2.58. The molecule has 0 radical (unpaired) electrons. The van der Waals surface area contributed by atoms with Crippen LogP contribution in [0.4, 0.5) is 13.2 Å². The summed E-state index contributed by atoms with van der Waals surface area (Å²) in [5.41, 5.74) is -0.567. The van der Waals surface area contributed by atoms with Gasteiger partial charge in [-0.25, -0.2) is 4.98 Å². The van der Waals surface area contributed by atoms with Gasteiger partial charge in [-0.05, 0) is 30.9 Å². The average molecular weight is 381 g/mol. The van der Waals surface area contributed by atoms with Gasteiger partial charge in [0.2, 0.25) is 11.7 Å². The number of amides is 1. The molecule has 1 aromatic carbocycles. The van der Waals surface area contributed by atoms with Crippen molar-refractivity contribution in [3.8, 4) is 0 Å². The number of hydrogen-bond donors (Lipinski definition) is 1. The summed E-state index contributed by atoms with van der Waals surface area (Å²) < 4.78 is 41.0. The molecule has 0 bridgehead atoms. The Labute approximate surface area is 152 Å². The molecule has 2 aromatic rings. The number of likely N-dealkylation sites (tertiary alicyclic amines) is 1. The van der Waals surface area contributed by atoms with Crippen molar-refractivity contribution in [2.75, 3.05) is 13.1 Å². The Kier molecular flexibility index (Phi) is 3.94. The van der Waals surface area contributed by atoms with Crippen molar-refractivity contribution < 1.29 is 27.9 Å². The van der Waals surface area contributed by atoms with Gasteiger partial charge >= 0.3 is 12.1 Å². The fourth-order valence-corrected chi connectivity index (χ4v) is 4.52. The molecular weight excluding hydrogens is 363 g/mol. The van der Waals surface area contributed by atoms with E-state index in [2.05, 4.69) is 4.98 Å². The van der Waals surface area contributed by atoms with Crippen LogP contribution in [-0.2, 0) is 22.3 Å². The number of carboxylic acid groups (broad SMARTS) is 1. The van der Waals surface area contributed by atoms with E-state index in [1.165, 1.54) is 17.0 Å². The summed E-state index contributed by atoms with van der Waals surface area (Å²) in [5, 5.41) is 9.62. The van der Waals surface area contributed by atoms with Crippen LogP contribution in [0.3, 0.4) is 0 Å². The SMILES string of the molecule is O=C(Cn1c(C(F)(F)F)nc2ccccc21)N1C[C@@H]2CCC[C@@]2(C(=O)O)C1. The van der Waals surface area contributed by atoms with E-state index in [-0.39, 0.29) is 30.0 Å². The molecule has 2 heterocycles. The van der Waals surface area contributed by atoms with Crippen LogP contribution in [0, 0.1) is 11.3 Å². The van der Waals surface area contributed by atoms with Crippen LogP contribution in [-0.4, -0.2) is 44.5 Å². The van der Waals surface area contributed by atoms with E-state index in [4.69, 9.17) is 0 Å². The van der Waals surface area contributed by atoms with E-state index in [0.29, 0.717) is 6.42 Å². The summed E-state index contributed by atoms with van der Waals surface area (Å²) in [7, 11) is 0. The van der Waals surface area contributed by atoms with E-state index in [9.17, 15) is 27.9 Å². The van der Waals surface area contributed by atoms with E-state index >= 15 is 0 Å². The van der Waals surface area contributed by atoms with Gasteiger partial charge in [0, 0.05) is 13.1 Å². The minimum absolute atomic E-state index is 0.0554. The third-order valence-electron chi connectivity index (χ3n) is 5.85. The first-order chi connectivity index (χ1) is 12.7. The van der Waals surface area contributed by atoms with Crippen LogP contribution in [0.25, 0.3) is 11.0 Å². The number of fused-ring (bicyclic) bond motifs is 2. The average Bonchev–Trinajstić information content (AvgIpc) is 3.25. The Morgan fingerprint density at radius 1 is 1.30 bits per heavy atom. The molecule has 1 aliphatic carbocycles. The summed E-state index contributed by atoms with van der Waals surface area (Å²) in [5.74, 6) is -2.70. The van der Waals surface area contributed by atoms with Gasteiger partial charge in [0.05, 0.1) is 16.4 Å². The standard InChI is InChI=1S/C18H18F3N3O3/c19-18(20,21)15-22-12-5-1-2-6-13(12)24(15)9-14(25)23-8-11-4-3-7-17(11,10-23)16(26)27/h1-2,5-6,11H,3-4,7-10H2,(H,26,27)/t11-,17+/m0/s1. The predicted molar refractivity (Wildman–Crippen MR) is 88.7 cm³/mol. The number of carbonyl (C=O) groups is 2. The van der Waals surface area contributed by atoms with Crippen molar-refractivity contribution in [1.82, 2.24) is 14.5 Å². The first-order valence-corrected chi connectivity index (χ1v) is 8.76. The first kappa shape index (κ1) is 17.8. The number of rotatable bonds is 3. The Balaban J connectivity index is 1.64. The zero-order chi connectivity index (χ0) is 19.4. The Morgan fingerprint density at radius 3 is 2.70 bits per heavy atom. The zero-order valence-electron chi connectivity index (χ0n) is 14.4. The number of benzene rings is 1. The maximum atomic E-state index is 13.4. The van der Waals surface area contributed by atoms with Crippen LogP contribution in [0.5, 0.6) is 0 Å². The molecule has 6 nitrogen and oxygen atoms in total. The second-order valence-corrected chi connectivity index (χ2v) is 7.33. The van der Waals surface area contributed by atoms with Crippen LogP contribution in [0.15, 0.2) is 24.3 Å². The molecule has 2 atom stereocenters. The number of aliphatic carboxylic acids is 1. The molecule has 2 fully saturated rings. The lowest BCUT2D eigenvalue weighted by atomic mass is 9.81. The Bertz CT molecular complexity index is 923. The highest BCUT2D eigenvalue weighted by Crippen LogP contribution is 2.49. The third kappa shape index (κ3) is 2.76. The van der Waals surface area contributed by atoms with E-state index < -0.39 is 35.8 Å². The highest BCUT2D eigenvalue weighted by molar-refractivity contribution is 5.83. The number of nitrogens with zero attached hydrogens (tertiary/aromatic N) is 3. The van der Waals surface area contributed by atoms with E-state index in [1.807, 2.05) is 0 Å². The molecule has 0 spiro atoms. The number of hydrogen-bond acceptors (Lipinski definition) is 3. The predicted octanol–water partition coefficient (Wildman–Crippen LogP) is 2.77. The highest BCUT2D eigenvalue weighted by atomic mass is 19.4. The molecule has 1 aromatic heterocycles. The maximum absolute atomic E-state index is 13.4. The van der Waals surface area contributed by atoms with Gasteiger partial charge in [0.1, 0.15) is 6.54 Å². The number of aromatic nitrogens is 2. The fourth-order valence-electron chi connectivity index (χ4n) is 4.52. The van der Waals surface area contributed by atoms with Crippen molar-refractivity contribution in [3.63, 3.8) is 0 Å². The van der Waals surface area contributed by atoms with Crippen LogP contribution in [0.2, 0.25) is 0 Å². The summed E-state index contributed by atoms with van der Waals surface area (Å²) in [6.07, 6.45) is -2.68.